The van der Waals surface area contributed by atoms with E-state index in [1.807, 2.05) is 38.1 Å². The molecule has 2 atom stereocenters. The summed E-state index contributed by atoms with van der Waals surface area (Å²) in [6.45, 7) is 6.01. The fraction of sp³-hybridized carbons (Fsp3) is 0.333. The number of hydrogen-bond donors (Lipinski definition) is 1. The van der Waals surface area contributed by atoms with Gasteiger partial charge in [0.15, 0.2) is 0 Å². The lowest BCUT2D eigenvalue weighted by Gasteiger charge is -2.30. The molecule has 0 aliphatic heterocycles. The van der Waals surface area contributed by atoms with Crippen LogP contribution in [0.4, 0.5) is 0 Å². The molecule has 0 bridgehead atoms. The molecule has 4 nitrogen and oxygen atoms in total. The molecular weight excluding hydrogens is 455 g/mol. The first-order valence-corrected chi connectivity index (χ1v) is 12.1. The van der Waals surface area contributed by atoms with Gasteiger partial charge in [-0.2, -0.15) is 0 Å². The Morgan fingerprint density at radius 1 is 0.970 bits per heavy atom. The van der Waals surface area contributed by atoms with E-state index in [1.54, 1.807) is 24.0 Å². The number of aryl methyl sites for hydroxylation is 1. The number of nitrogens with one attached hydrogen (secondary N) is 1. The van der Waals surface area contributed by atoms with Crippen LogP contribution < -0.4 is 5.32 Å². The predicted molar refractivity (Wildman–Crippen MR) is 137 cm³/mol. The van der Waals surface area contributed by atoms with E-state index in [1.165, 1.54) is 0 Å². The number of hydrogen-bond acceptors (Lipinski definition) is 2. The van der Waals surface area contributed by atoms with E-state index in [0.29, 0.717) is 22.9 Å². The first kappa shape index (κ1) is 25.1. The fourth-order valence-corrected chi connectivity index (χ4v) is 4.10. The third kappa shape index (κ3) is 6.49. The highest BCUT2D eigenvalue weighted by molar-refractivity contribution is 6.42. The topological polar surface area (TPSA) is 49.4 Å². The van der Waals surface area contributed by atoms with Crippen molar-refractivity contribution >= 4 is 45.8 Å². The Balaban J connectivity index is 1.81. The largest absolute Gasteiger partial charge is 0.352 e. The average Bonchev–Trinajstić information content (AvgIpc) is 2.82. The quantitative estimate of drug-likeness (QED) is 0.381. The molecule has 0 saturated heterocycles. The van der Waals surface area contributed by atoms with Gasteiger partial charge in [0.2, 0.25) is 11.8 Å². The van der Waals surface area contributed by atoms with Crippen LogP contribution in [-0.2, 0) is 22.6 Å². The normalized spacial score (nSPS) is 12.9. The summed E-state index contributed by atoms with van der Waals surface area (Å²) in [4.78, 5) is 27.9. The number of rotatable bonds is 9. The van der Waals surface area contributed by atoms with Crippen LogP contribution in [0.5, 0.6) is 0 Å². The lowest BCUT2D eigenvalue weighted by atomic mass is 10.0. The molecule has 0 fully saturated rings. The Kier molecular flexibility index (Phi) is 8.76. The van der Waals surface area contributed by atoms with E-state index in [2.05, 4.69) is 29.6 Å². The molecule has 2 amide bonds. The number of amides is 2. The number of benzene rings is 3. The minimum atomic E-state index is -0.617. The monoisotopic (exact) mass is 484 g/mol. The van der Waals surface area contributed by atoms with E-state index in [0.717, 1.165) is 28.3 Å². The van der Waals surface area contributed by atoms with Crippen molar-refractivity contribution in [3.8, 4) is 0 Å². The molecule has 0 unspecified atom stereocenters. The van der Waals surface area contributed by atoms with Crippen LogP contribution in [0, 0.1) is 0 Å². The third-order valence-electron chi connectivity index (χ3n) is 5.99. The van der Waals surface area contributed by atoms with Crippen molar-refractivity contribution in [1.29, 1.82) is 0 Å². The molecular formula is C27H30Cl2N2O2. The van der Waals surface area contributed by atoms with Gasteiger partial charge in [0, 0.05) is 19.0 Å². The van der Waals surface area contributed by atoms with E-state index in [4.69, 9.17) is 23.2 Å². The van der Waals surface area contributed by atoms with Gasteiger partial charge in [0.25, 0.3) is 0 Å². The Morgan fingerprint density at radius 2 is 1.70 bits per heavy atom. The SMILES string of the molecule is CC[C@@H](C)NC(=O)[C@H](C)N(Cc1ccc(Cl)c(Cl)c1)C(=O)CCc1cccc2ccccc12. The molecule has 3 rings (SSSR count). The molecule has 0 aliphatic carbocycles. The third-order valence-corrected chi connectivity index (χ3v) is 6.73. The summed E-state index contributed by atoms with van der Waals surface area (Å²) in [6.07, 6.45) is 1.72. The lowest BCUT2D eigenvalue weighted by molar-refractivity contribution is -0.140. The number of fused-ring (bicyclic) bond motifs is 1. The second-order valence-corrected chi connectivity index (χ2v) is 9.22. The summed E-state index contributed by atoms with van der Waals surface area (Å²) in [5.74, 6) is -0.247. The van der Waals surface area contributed by atoms with Crippen molar-refractivity contribution in [2.45, 2.75) is 58.7 Å². The van der Waals surface area contributed by atoms with Crippen LogP contribution in [0.3, 0.4) is 0 Å². The van der Waals surface area contributed by atoms with Gasteiger partial charge in [-0.15, -0.1) is 0 Å². The molecule has 0 aliphatic rings. The highest BCUT2D eigenvalue weighted by Crippen LogP contribution is 2.25. The molecule has 6 heteroatoms. The smallest absolute Gasteiger partial charge is 0.242 e. The zero-order valence-corrected chi connectivity index (χ0v) is 20.8. The van der Waals surface area contributed by atoms with Gasteiger partial charge in [-0.1, -0.05) is 78.7 Å². The Labute approximate surface area is 205 Å². The van der Waals surface area contributed by atoms with E-state index < -0.39 is 6.04 Å². The van der Waals surface area contributed by atoms with Gasteiger partial charge in [0.1, 0.15) is 6.04 Å². The van der Waals surface area contributed by atoms with Gasteiger partial charge in [-0.05, 0) is 60.7 Å². The molecule has 0 saturated carbocycles. The van der Waals surface area contributed by atoms with Crippen LogP contribution in [0.15, 0.2) is 60.7 Å². The summed E-state index contributed by atoms with van der Waals surface area (Å²) in [5.41, 5.74) is 1.94. The summed E-state index contributed by atoms with van der Waals surface area (Å²) in [6, 6.07) is 19.0. The molecule has 174 valence electrons. The zero-order valence-electron chi connectivity index (χ0n) is 19.3. The fourth-order valence-electron chi connectivity index (χ4n) is 3.78. The number of carbonyl (C=O) groups excluding carboxylic acids is 2. The van der Waals surface area contributed by atoms with Crippen LogP contribution >= 0.6 is 23.2 Å². The summed E-state index contributed by atoms with van der Waals surface area (Å²) in [7, 11) is 0. The lowest BCUT2D eigenvalue weighted by Crippen LogP contribution is -2.49. The van der Waals surface area contributed by atoms with Gasteiger partial charge in [0.05, 0.1) is 10.0 Å². The number of nitrogens with zero attached hydrogens (tertiary/aromatic N) is 1. The maximum Gasteiger partial charge on any atom is 0.242 e. The predicted octanol–water partition coefficient (Wildman–Crippen LogP) is 6.41. The summed E-state index contributed by atoms with van der Waals surface area (Å²) < 4.78 is 0. The highest BCUT2D eigenvalue weighted by Gasteiger charge is 2.26. The highest BCUT2D eigenvalue weighted by atomic mass is 35.5. The maximum atomic E-state index is 13.4. The second kappa shape index (κ2) is 11.5. The van der Waals surface area contributed by atoms with Gasteiger partial charge >= 0.3 is 0 Å². The Hall–Kier alpha value is -2.56. The zero-order chi connectivity index (χ0) is 24.0. The van der Waals surface area contributed by atoms with E-state index in [9.17, 15) is 9.59 Å². The van der Waals surface area contributed by atoms with Crippen LogP contribution in [0.1, 0.15) is 44.7 Å². The Morgan fingerprint density at radius 3 is 2.42 bits per heavy atom. The van der Waals surface area contributed by atoms with Gasteiger partial charge in [-0.25, -0.2) is 0 Å². The molecule has 3 aromatic carbocycles. The molecule has 3 aromatic rings. The molecule has 0 radical (unpaired) electrons. The second-order valence-electron chi connectivity index (χ2n) is 8.40. The standard InChI is InChI=1S/C27H30Cl2N2O2/c1-4-18(2)30-27(33)19(3)31(17-20-12-14-24(28)25(29)16-20)26(32)15-13-22-10-7-9-21-8-5-6-11-23(21)22/h5-12,14,16,18-19H,4,13,15,17H2,1-3H3,(H,30,33)/t18-,19+/m1/s1. The summed E-state index contributed by atoms with van der Waals surface area (Å²) >= 11 is 12.2. The number of carbonyl (C=O) groups is 2. The molecule has 1 N–H and O–H groups in total. The number of halogens is 2. The minimum Gasteiger partial charge on any atom is -0.352 e. The summed E-state index contributed by atoms with van der Waals surface area (Å²) in [5, 5.41) is 6.16. The van der Waals surface area contributed by atoms with Crippen LogP contribution in [0.25, 0.3) is 10.8 Å². The van der Waals surface area contributed by atoms with Gasteiger partial charge in [-0.3, -0.25) is 9.59 Å². The van der Waals surface area contributed by atoms with Gasteiger partial charge < -0.3 is 10.2 Å². The molecule has 0 aromatic heterocycles. The first-order valence-electron chi connectivity index (χ1n) is 11.3. The average molecular weight is 485 g/mol. The van der Waals surface area contributed by atoms with Crippen molar-refractivity contribution in [2.75, 3.05) is 0 Å². The van der Waals surface area contributed by atoms with Crippen LogP contribution in [0.2, 0.25) is 10.0 Å². The first-order chi connectivity index (χ1) is 15.8. The molecule has 0 heterocycles. The van der Waals surface area contributed by atoms with E-state index >= 15 is 0 Å². The van der Waals surface area contributed by atoms with Crippen LogP contribution in [-0.4, -0.2) is 28.8 Å². The van der Waals surface area contributed by atoms with E-state index in [-0.39, 0.29) is 24.4 Å². The maximum absolute atomic E-state index is 13.4. The Bertz CT molecular complexity index is 1130. The van der Waals surface area contributed by atoms with Crippen molar-refractivity contribution in [3.05, 3.63) is 81.8 Å². The molecule has 0 spiro atoms. The van der Waals surface area contributed by atoms with Crippen molar-refractivity contribution in [3.63, 3.8) is 0 Å². The minimum absolute atomic E-state index is 0.0394. The molecule has 33 heavy (non-hydrogen) atoms. The van der Waals surface area contributed by atoms with Crippen molar-refractivity contribution < 1.29 is 9.59 Å². The van der Waals surface area contributed by atoms with Crippen molar-refractivity contribution in [1.82, 2.24) is 10.2 Å². The van der Waals surface area contributed by atoms with Crippen molar-refractivity contribution in [2.24, 2.45) is 0 Å².